The van der Waals surface area contributed by atoms with Crippen LogP contribution in [0, 0.1) is 13.8 Å². The lowest BCUT2D eigenvalue weighted by Crippen LogP contribution is -1.96. The molecule has 3 rings (SSSR count). The van der Waals surface area contributed by atoms with Crippen LogP contribution in [0.1, 0.15) is 16.7 Å². The Labute approximate surface area is 141 Å². The average Bonchev–Trinajstić information content (AvgIpc) is 2.95. The molecule has 0 saturated heterocycles. The molecule has 0 amide bonds. The van der Waals surface area contributed by atoms with Gasteiger partial charge in [0.05, 0.1) is 0 Å². The molecule has 0 bridgehead atoms. The van der Waals surface area contributed by atoms with Crippen LogP contribution in [-0.2, 0) is 6.61 Å². The number of rotatable bonds is 4. The summed E-state index contributed by atoms with van der Waals surface area (Å²) in [7, 11) is 0. The van der Waals surface area contributed by atoms with E-state index in [1.54, 1.807) is 0 Å². The Morgan fingerprint density at radius 1 is 1.04 bits per heavy atom. The number of nitrogens with zero attached hydrogens (tertiary/aromatic N) is 1. The van der Waals surface area contributed by atoms with Gasteiger partial charge in [0.25, 0.3) is 0 Å². The number of anilines is 1. The summed E-state index contributed by atoms with van der Waals surface area (Å²) in [6.07, 6.45) is 1.43. The van der Waals surface area contributed by atoms with E-state index in [-0.39, 0.29) is 12.4 Å². The maximum atomic E-state index is 5.81. The fourth-order valence-corrected chi connectivity index (χ4v) is 2.23. The molecule has 0 radical (unpaired) electrons. The summed E-state index contributed by atoms with van der Waals surface area (Å²) in [5, 5.41) is 3.89. The largest absolute Gasteiger partial charge is 0.489 e. The van der Waals surface area contributed by atoms with Crippen LogP contribution in [0.15, 0.2) is 53.3 Å². The van der Waals surface area contributed by atoms with Crippen LogP contribution < -0.4 is 10.5 Å². The summed E-state index contributed by atoms with van der Waals surface area (Å²) in [6, 6.07) is 14.0. The first kappa shape index (κ1) is 16.9. The summed E-state index contributed by atoms with van der Waals surface area (Å²) >= 11 is 0. The number of aryl methyl sites for hydroxylation is 2. The standard InChI is InChI=1S/C18H18N2O2.ClH/c1-12-3-4-14(9-13(12)2)10-21-16-7-5-15(6-8-16)18-17(19)11-22-20-18;/h3-9,11H,10,19H2,1-2H3;1H. The molecule has 1 heterocycles. The number of hydrogen-bond donors (Lipinski definition) is 1. The van der Waals surface area contributed by atoms with Crippen molar-refractivity contribution in [1.29, 1.82) is 0 Å². The molecule has 23 heavy (non-hydrogen) atoms. The number of nitrogen functional groups attached to an aromatic ring is 1. The van der Waals surface area contributed by atoms with E-state index < -0.39 is 0 Å². The SMILES string of the molecule is Cc1ccc(COc2ccc(-c3nocc3N)cc2)cc1C.Cl. The summed E-state index contributed by atoms with van der Waals surface area (Å²) in [5.41, 5.74) is 11.6. The lowest BCUT2D eigenvalue weighted by molar-refractivity contribution is 0.306. The maximum Gasteiger partial charge on any atom is 0.147 e. The maximum absolute atomic E-state index is 5.81. The van der Waals surface area contributed by atoms with E-state index in [4.69, 9.17) is 15.0 Å². The van der Waals surface area contributed by atoms with Crippen LogP contribution in [-0.4, -0.2) is 5.16 Å². The number of halogens is 1. The molecule has 1 aromatic heterocycles. The van der Waals surface area contributed by atoms with Gasteiger partial charge in [-0.3, -0.25) is 0 Å². The molecule has 4 nitrogen and oxygen atoms in total. The number of hydrogen-bond acceptors (Lipinski definition) is 4. The molecule has 3 aromatic rings. The Kier molecular flexibility index (Phi) is 5.29. The number of aromatic nitrogens is 1. The highest BCUT2D eigenvalue weighted by atomic mass is 35.5. The van der Waals surface area contributed by atoms with Gasteiger partial charge in [-0.25, -0.2) is 0 Å². The topological polar surface area (TPSA) is 61.3 Å². The smallest absolute Gasteiger partial charge is 0.147 e. The minimum Gasteiger partial charge on any atom is -0.489 e. The van der Waals surface area contributed by atoms with Gasteiger partial charge in [0, 0.05) is 5.56 Å². The predicted molar refractivity (Wildman–Crippen MR) is 93.8 cm³/mol. The van der Waals surface area contributed by atoms with Crippen LogP contribution in [0.2, 0.25) is 0 Å². The van der Waals surface area contributed by atoms with Crippen molar-refractivity contribution in [3.05, 3.63) is 65.4 Å². The molecule has 2 N–H and O–H groups in total. The molecule has 0 aliphatic rings. The van der Waals surface area contributed by atoms with E-state index in [1.807, 2.05) is 24.3 Å². The Morgan fingerprint density at radius 2 is 1.78 bits per heavy atom. The summed E-state index contributed by atoms with van der Waals surface area (Å²) in [6.45, 7) is 4.76. The Morgan fingerprint density at radius 3 is 2.39 bits per heavy atom. The summed E-state index contributed by atoms with van der Waals surface area (Å²) < 4.78 is 10.7. The Hall–Kier alpha value is -2.46. The first-order valence-corrected chi connectivity index (χ1v) is 7.12. The fraction of sp³-hybridized carbons (Fsp3) is 0.167. The van der Waals surface area contributed by atoms with Crippen LogP contribution >= 0.6 is 12.4 Å². The van der Waals surface area contributed by atoms with Crippen LogP contribution in [0.4, 0.5) is 5.69 Å². The number of benzene rings is 2. The van der Waals surface area contributed by atoms with Crippen molar-refractivity contribution in [3.8, 4) is 17.0 Å². The molecule has 120 valence electrons. The third-order valence-electron chi connectivity index (χ3n) is 3.70. The normalized spacial score (nSPS) is 10.2. The average molecular weight is 331 g/mol. The van der Waals surface area contributed by atoms with Crippen molar-refractivity contribution in [1.82, 2.24) is 5.16 Å². The van der Waals surface area contributed by atoms with Gasteiger partial charge in [-0.15, -0.1) is 12.4 Å². The third kappa shape index (κ3) is 3.85. The first-order chi connectivity index (χ1) is 10.6. The van der Waals surface area contributed by atoms with E-state index in [0.717, 1.165) is 16.9 Å². The molecular formula is C18H19ClN2O2. The van der Waals surface area contributed by atoms with Gasteiger partial charge in [-0.1, -0.05) is 23.4 Å². The third-order valence-corrected chi connectivity index (χ3v) is 3.70. The van der Waals surface area contributed by atoms with Crippen LogP contribution in [0.3, 0.4) is 0 Å². The predicted octanol–water partition coefficient (Wildman–Crippen LogP) is 4.54. The van der Waals surface area contributed by atoms with Crippen molar-refractivity contribution in [2.24, 2.45) is 0 Å². The van der Waals surface area contributed by atoms with Crippen molar-refractivity contribution in [2.75, 3.05) is 5.73 Å². The minimum atomic E-state index is 0. The summed E-state index contributed by atoms with van der Waals surface area (Å²) in [5.74, 6) is 0.809. The quantitative estimate of drug-likeness (QED) is 0.762. The number of nitrogens with two attached hydrogens (primary N) is 1. The van der Waals surface area contributed by atoms with E-state index in [0.29, 0.717) is 18.0 Å². The van der Waals surface area contributed by atoms with Crippen LogP contribution in [0.5, 0.6) is 5.75 Å². The highest BCUT2D eigenvalue weighted by molar-refractivity contribution is 5.85. The molecule has 0 aliphatic carbocycles. The number of ether oxygens (including phenoxy) is 1. The van der Waals surface area contributed by atoms with Gasteiger partial charge in [-0.2, -0.15) is 0 Å². The highest BCUT2D eigenvalue weighted by Crippen LogP contribution is 2.26. The van der Waals surface area contributed by atoms with Gasteiger partial charge >= 0.3 is 0 Å². The van der Waals surface area contributed by atoms with Gasteiger partial charge in [0.1, 0.15) is 30.0 Å². The van der Waals surface area contributed by atoms with E-state index in [2.05, 4.69) is 37.2 Å². The van der Waals surface area contributed by atoms with Gasteiger partial charge < -0.3 is 15.0 Å². The van der Waals surface area contributed by atoms with Gasteiger partial charge in [0.2, 0.25) is 0 Å². The molecule has 0 unspecified atom stereocenters. The second-order valence-corrected chi connectivity index (χ2v) is 5.35. The second kappa shape index (κ2) is 7.20. The monoisotopic (exact) mass is 330 g/mol. The molecule has 2 aromatic carbocycles. The van der Waals surface area contributed by atoms with Gasteiger partial charge in [0.15, 0.2) is 0 Å². The Balaban J connectivity index is 0.00000192. The van der Waals surface area contributed by atoms with Crippen LogP contribution in [0.25, 0.3) is 11.3 Å². The molecule has 0 atom stereocenters. The molecule has 0 spiro atoms. The minimum absolute atomic E-state index is 0. The van der Waals surface area contributed by atoms with Gasteiger partial charge in [-0.05, 0) is 54.8 Å². The van der Waals surface area contributed by atoms with E-state index in [1.165, 1.54) is 17.4 Å². The zero-order valence-corrected chi connectivity index (χ0v) is 13.9. The zero-order chi connectivity index (χ0) is 15.5. The Bertz CT molecular complexity index is 782. The van der Waals surface area contributed by atoms with Crippen molar-refractivity contribution in [3.63, 3.8) is 0 Å². The van der Waals surface area contributed by atoms with E-state index >= 15 is 0 Å². The molecule has 0 saturated carbocycles. The first-order valence-electron chi connectivity index (χ1n) is 7.12. The lowest BCUT2D eigenvalue weighted by atomic mass is 10.1. The zero-order valence-electron chi connectivity index (χ0n) is 13.1. The molecule has 0 aliphatic heterocycles. The molecule has 5 heteroatoms. The summed E-state index contributed by atoms with van der Waals surface area (Å²) in [4.78, 5) is 0. The lowest BCUT2D eigenvalue weighted by Gasteiger charge is -2.08. The fourth-order valence-electron chi connectivity index (χ4n) is 2.23. The van der Waals surface area contributed by atoms with Crippen molar-refractivity contribution in [2.45, 2.75) is 20.5 Å². The van der Waals surface area contributed by atoms with Crippen molar-refractivity contribution < 1.29 is 9.26 Å². The highest BCUT2D eigenvalue weighted by Gasteiger charge is 2.07. The second-order valence-electron chi connectivity index (χ2n) is 5.35. The molecule has 0 fully saturated rings. The van der Waals surface area contributed by atoms with E-state index in [9.17, 15) is 0 Å². The molecular weight excluding hydrogens is 312 g/mol. The van der Waals surface area contributed by atoms with Crippen molar-refractivity contribution >= 4 is 18.1 Å².